The van der Waals surface area contributed by atoms with E-state index in [1.54, 1.807) is 17.0 Å². The number of nitrogens with zero attached hydrogens (tertiary/aromatic N) is 1. The van der Waals surface area contributed by atoms with Gasteiger partial charge in [-0.25, -0.2) is 0 Å². The molecule has 0 saturated carbocycles. The van der Waals surface area contributed by atoms with Crippen molar-refractivity contribution in [1.82, 2.24) is 10.2 Å². The van der Waals surface area contributed by atoms with Crippen molar-refractivity contribution in [1.29, 1.82) is 0 Å². The van der Waals surface area contributed by atoms with E-state index in [9.17, 15) is 9.59 Å². The second-order valence-electron chi connectivity index (χ2n) is 5.61. The van der Waals surface area contributed by atoms with Crippen molar-refractivity contribution < 1.29 is 14.0 Å². The fraction of sp³-hybridized carbons (Fsp3) is 0.600. The van der Waals surface area contributed by atoms with E-state index in [1.807, 2.05) is 0 Å². The Labute approximate surface area is 119 Å². The van der Waals surface area contributed by atoms with Crippen LogP contribution in [0, 0.1) is 5.92 Å². The van der Waals surface area contributed by atoms with Crippen molar-refractivity contribution in [2.75, 3.05) is 13.1 Å². The minimum atomic E-state index is -0.361. The molecule has 1 N–H and O–H groups in total. The Kier molecular flexibility index (Phi) is 4.82. The first kappa shape index (κ1) is 14.6. The van der Waals surface area contributed by atoms with Crippen LogP contribution in [0.4, 0.5) is 0 Å². The standard InChI is InChI=1S/C15H22N2O3/c1-11(2)7-8-16-14(18)12-5-3-9-17(12)15(19)13-6-4-10-20-13/h4,6,10-12H,3,5,7-9H2,1-2H3,(H,16,18)/t12-/m1/s1. The lowest BCUT2D eigenvalue weighted by Gasteiger charge is -2.23. The molecule has 5 heteroatoms. The molecule has 0 unspecified atom stereocenters. The summed E-state index contributed by atoms with van der Waals surface area (Å²) in [6, 6.07) is 2.95. The van der Waals surface area contributed by atoms with Crippen molar-refractivity contribution in [2.24, 2.45) is 5.92 Å². The molecule has 1 aromatic heterocycles. The van der Waals surface area contributed by atoms with Crippen LogP contribution in [0.25, 0.3) is 0 Å². The van der Waals surface area contributed by atoms with Gasteiger partial charge in [-0.05, 0) is 37.3 Å². The molecule has 20 heavy (non-hydrogen) atoms. The molecular formula is C15H22N2O3. The predicted octanol–water partition coefficient (Wildman–Crippen LogP) is 2.05. The molecule has 2 amide bonds. The summed E-state index contributed by atoms with van der Waals surface area (Å²) < 4.78 is 5.13. The SMILES string of the molecule is CC(C)CCNC(=O)[C@H]1CCCN1C(=O)c1ccco1. The van der Waals surface area contributed by atoms with Crippen LogP contribution in [-0.2, 0) is 4.79 Å². The number of carbonyl (C=O) groups is 2. The fourth-order valence-electron chi connectivity index (χ4n) is 2.43. The largest absolute Gasteiger partial charge is 0.459 e. The topological polar surface area (TPSA) is 62.6 Å². The lowest BCUT2D eigenvalue weighted by Crippen LogP contribution is -2.46. The van der Waals surface area contributed by atoms with Gasteiger partial charge in [-0.1, -0.05) is 13.8 Å². The molecule has 0 aromatic carbocycles. The third kappa shape index (κ3) is 3.40. The number of hydrogen-bond donors (Lipinski definition) is 1. The number of carbonyl (C=O) groups excluding carboxylic acids is 2. The van der Waals surface area contributed by atoms with Crippen LogP contribution in [0.1, 0.15) is 43.7 Å². The summed E-state index contributed by atoms with van der Waals surface area (Å²) in [5.41, 5.74) is 0. The fourth-order valence-corrected chi connectivity index (χ4v) is 2.43. The van der Waals surface area contributed by atoms with Crippen LogP contribution in [0.5, 0.6) is 0 Å². The summed E-state index contributed by atoms with van der Waals surface area (Å²) in [6.45, 7) is 5.51. The molecule has 2 rings (SSSR count). The number of amides is 2. The van der Waals surface area contributed by atoms with Crippen LogP contribution in [0.3, 0.4) is 0 Å². The van der Waals surface area contributed by atoms with Gasteiger partial charge in [0, 0.05) is 13.1 Å². The second-order valence-corrected chi connectivity index (χ2v) is 5.61. The van der Waals surface area contributed by atoms with E-state index in [4.69, 9.17) is 4.42 Å². The molecule has 1 fully saturated rings. The Bertz CT molecular complexity index is 454. The normalized spacial score (nSPS) is 18.6. The Hall–Kier alpha value is -1.78. The average Bonchev–Trinajstić information content (AvgIpc) is 3.08. The summed E-state index contributed by atoms with van der Waals surface area (Å²) in [5.74, 6) is 0.603. The van der Waals surface area contributed by atoms with Crippen molar-refractivity contribution in [3.8, 4) is 0 Å². The molecule has 1 aliphatic heterocycles. The van der Waals surface area contributed by atoms with E-state index in [1.165, 1.54) is 6.26 Å². The molecule has 1 atom stereocenters. The summed E-state index contributed by atoms with van der Waals surface area (Å²) in [4.78, 5) is 26.0. The summed E-state index contributed by atoms with van der Waals surface area (Å²) in [7, 11) is 0. The predicted molar refractivity (Wildman–Crippen MR) is 75.2 cm³/mol. The molecule has 1 aliphatic rings. The van der Waals surface area contributed by atoms with Gasteiger partial charge >= 0.3 is 0 Å². The maximum atomic E-state index is 12.3. The number of nitrogens with one attached hydrogen (secondary N) is 1. The molecule has 0 radical (unpaired) electrons. The Balaban J connectivity index is 1.93. The Morgan fingerprint density at radius 3 is 2.95 bits per heavy atom. The van der Waals surface area contributed by atoms with Crippen molar-refractivity contribution in [3.05, 3.63) is 24.2 Å². The van der Waals surface area contributed by atoms with E-state index in [-0.39, 0.29) is 17.9 Å². The quantitative estimate of drug-likeness (QED) is 0.896. The molecule has 110 valence electrons. The van der Waals surface area contributed by atoms with Crippen LogP contribution >= 0.6 is 0 Å². The Morgan fingerprint density at radius 1 is 1.50 bits per heavy atom. The highest BCUT2D eigenvalue weighted by Crippen LogP contribution is 2.20. The van der Waals surface area contributed by atoms with E-state index in [2.05, 4.69) is 19.2 Å². The van der Waals surface area contributed by atoms with Gasteiger partial charge in [-0.15, -0.1) is 0 Å². The first-order valence-electron chi connectivity index (χ1n) is 7.21. The summed E-state index contributed by atoms with van der Waals surface area (Å²) >= 11 is 0. The monoisotopic (exact) mass is 278 g/mol. The number of furan rings is 1. The smallest absolute Gasteiger partial charge is 0.290 e. The van der Waals surface area contributed by atoms with Gasteiger partial charge in [-0.2, -0.15) is 0 Å². The van der Waals surface area contributed by atoms with Gasteiger partial charge in [0.25, 0.3) is 5.91 Å². The maximum Gasteiger partial charge on any atom is 0.290 e. The summed E-state index contributed by atoms with van der Waals surface area (Å²) in [5, 5.41) is 2.92. The van der Waals surface area contributed by atoms with E-state index >= 15 is 0 Å². The van der Waals surface area contributed by atoms with Crippen molar-refractivity contribution in [3.63, 3.8) is 0 Å². The Morgan fingerprint density at radius 2 is 2.30 bits per heavy atom. The highest BCUT2D eigenvalue weighted by molar-refractivity contribution is 5.95. The second kappa shape index (κ2) is 6.59. The number of likely N-dealkylation sites (tertiary alicyclic amines) is 1. The lowest BCUT2D eigenvalue weighted by atomic mass is 10.1. The van der Waals surface area contributed by atoms with Crippen LogP contribution in [0.2, 0.25) is 0 Å². The highest BCUT2D eigenvalue weighted by atomic mass is 16.3. The van der Waals surface area contributed by atoms with Crippen molar-refractivity contribution in [2.45, 2.75) is 39.2 Å². The minimum absolute atomic E-state index is 0.0527. The molecule has 2 heterocycles. The zero-order chi connectivity index (χ0) is 14.5. The molecule has 0 spiro atoms. The summed E-state index contributed by atoms with van der Waals surface area (Å²) in [6.07, 6.45) is 4.00. The van der Waals surface area contributed by atoms with Gasteiger partial charge in [-0.3, -0.25) is 9.59 Å². The number of rotatable bonds is 5. The third-order valence-electron chi connectivity index (χ3n) is 3.57. The van der Waals surface area contributed by atoms with Gasteiger partial charge in [0.15, 0.2) is 5.76 Å². The van der Waals surface area contributed by atoms with Crippen LogP contribution in [-0.4, -0.2) is 35.8 Å². The first-order valence-corrected chi connectivity index (χ1v) is 7.21. The maximum absolute atomic E-state index is 12.3. The minimum Gasteiger partial charge on any atom is -0.459 e. The molecule has 0 aliphatic carbocycles. The van der Waals surface area contributed by atoms with Crippen LogP contribution in [0.15, 0.2) is 22.8 Å². The molecule has 0 bridgehead atoms. The van der Waals surface area contributed by atoms with Crippen molar-refractivity contribution >= 4 is 11.8 Å². The molecule has 1 saturated heterocycles. The first-order chi connectivity index (χ1) is 9.59. The molecule has 5 nitrogen and oxygen atoms in total. The third-order valence-corrected chi connectivity index (χ3v) is 3.57. The number of hydrogen-bond acceptors (Lipinski definition) is 3. The van der Waals surface area contributed by atoms with E-state index in [0.29, 0.717) is 24.8 Å². The van der Waals surface area contributed by atoms with Gasteiger partial charge < -0.3 is 14.6 Å². The van der Waals surface area contributed by atoms with Gasteiger partial charge in [0.05, 0.1) is 6.26 Å². The lowest BCUT2D eigenvalue weighted by molar-refractivity contribution is -0.124. The molecule has 1 aromatic rings. The zero-order valence-corrected chi connectivity index (χ0v) is 12.1. The van der Waals surface area contributed by atoms with E-state index in [0.717, 1.165) is 19.3 Å². The van der Waals surface area contributed by atoms with Gasteiger partial charge in [0.2, 0.25) is 5.91 Å². The average molecular weight is 278 g/mol. The zero-order valence-electron chi connectivity index (χ0n) is 12.1. The van der Waals surface area contributed by atoms with E-state index < -0.39 is 0 Å². The molecular weight excluding hydrogens is 256 g/mol. The van der Waals surface area contributed by atoms with Crippen LogP contribution < -0.4 is 5.32 Å². The highest BCUT2D eigenvalue weighted by Gasteiger charge is 2.35. The van der Waals surface area contributed by atoms with Gasteiger partial charge in [0.1, 0.15) is 6.04 Å².